The second-order valence-electron chi connectivity index (χ2n) is 4.24. The van der Waals surface area contributed by atoms with Crippen LogP contribution in [0.4, 0.5) is 27.6 Å². The quantitative estimate of drug-likeness (QED) is 0.617. The zero-order valence-electron chi connectivity index (χ0n) is 11.3. The summed E-state index contributed by atoms with van der Waals surface area (Å²) in [4.78, 5) is 11.9. The molecule has 0 saturated carbocycles. The third kappa shape index (κ3) is 3.14. The number of anilines is 1. The van der Waals surface area contributed by atoms with Gasteiger partial charge in [-0.15, -0.1) is 0 Å². The molecule has 2 aromatic rings. The highest BCUT2D eigenvalue weighted by Gasteiger charge is 2.30. The Morgan fingerprint density at radius 1 is 1.04 bits per heavy atom. The van der Waals surface area contributed by atoms with Crippen LogP contribution in [-0.4, -0.2) is 13.0 Å². The van der Waals surface area contributed by atoms with Gasteiger partial charge < -0.3 is 10.1 Å². The van der Waals surface area contributed by atoms with Crippen molar-refractivity contribution in [2.75, 3.05) is 12.4 Å². The number of carbonyl (C=O) groups excluding carboxylic acids is 1. The number of amides is 1. The van der Waals surface area contributed by atoms with E-state index in [2.05, 4.69) is 20.7 Å². The molecule has 0 aromatic heterocycles. The molecule has 0 aliphatic carbocycles. The summed E-state index contributed by atoms with van der Waals surface area (Å²) in [6.45, 7) is 0. The van der Waals surface area contributed by atoms with Crippen LogP contribution in [0.3, 0.4) is 0 Å². The Morgan fingerprint density at radius 3 is 2.09 bits per heavy atom. The van der Waals surface area contributed by atoms with E-state index in [1.807, 2.05) is 5.32 Å². The average molecular weight is 396 g/mol. The number of benzene rings is 2. The maximum atomic E-state index is 13.8. The molecule has 122 valence electrons. The molecule has 0 atom stereocenters. The summed E-state index contributed by atoms with van der Waals surface area (Å²) in [5.74, 6) is -11.4. The monoisotopic (exact) mass is 395 g/mol. The Morgan fingerprint density at radius 2 is 1.61 bits per heavy atom. The Balaban J connectivity index is 2.48. The first kappa shape index (κ1) is 17.2. The zero-order valence-corrected chi connectivity index (χ0v) is 12.9. The summed E-state index contributed by atoms with van der Waals surface area (Å²) in [6.07, 6.45) is 0. The summed E-state index contributed by atoms with van der Waals surface area (Å²) >= 11 is 2.98. The van der Waals surface area contributed by atoms with Crippen LogP contribution in [0, 0.1) is 29.1 Å². The van der Waals surface area contributed by atoms with E-state index in [4.69, 9.17) is 0 Å². The van der Waals surface area contributed by atoms with E-state index in [9.17, 15) is 26.7 Å². The molecule has 1 N–H and O–H groups in total. The van der Waals surface area contributed by atoms with E-state index in [0.29, 0.717) is 4.47 Å². The van der Waals surface area contributed by atoms with Crippen molar-refractivity contribution in [1.82, 2.24) is 0 Å². The van der Waals surface area contributed by atoms with E-state index in [1.165, 1.54) is 6.07 Å². The topological polar surface area (TPSA) is 38.3 Å². The minimum atomic E-state index is -1.95. The molecule has 2 rings (SSSR count). The molecule has 0 saturated heterocycles. The lowest BCUT2D eigenvalue weighted by molar-refractivity contribution is 0.101. The van der Waals surface area contributed by atoms with Gasteiger partial charge in [0.05, 0.1) is 12.8 Å². The largest absolute Gasteiger partial charge is 0.491 e. The molecule has 3 nitrogen and oxygen atoms in total. The second kappa shape index (κ2) is 6.53. The molecule has 23 heavy (non-hydrogen) atoms. The van der Waals surface area contributed by atoms with Crippen LogP contribution in [0.2, 0.25) is 0 Å². The third-order valence-electron chi connectivity index (χ3n) is 2.83. The number of rotatable bonds is 3. The van der Waals surface area contributed by atoms with Crippen molar-refractivity contribution in [3.05, 3.63) is 57.3 Å². The fourth-order valence-corrected chi connectivity index (χ4v) is 2.10. The van der Waals surface area contributed by atoms with E-state index < -0.39 is 52.0 Å². The fraction of sp³-hybridized carbons (Fsp3) is 0.0714. The Kier molecular flexibility index (Phi) is 4.88. The number of hydrogen-bond donors (Lipinski definition) is 1. The smallest absolute Gasteiger partial charge is 0.261 e. The van der Waals surface area contributed by atoms with Crippen molar-refractivity contribution < 1.29 is 31.5 Å². The number of carbonyl (C=O) groups is 1. The number of halogens is 6. The van der Waals surface area contributed by atoms with Crippen molar-refractivity contribution >= 4 is 27.5 Å². The van der Waals surface area contributed by atoms with Gasteiger partial charge in [0, 0.05) is 4.47 Å². The predicted molar refractivity (Wildman–Crippen MR) is 74.9 cm³/mol. The highest BCUT2D eigenvalue weighted by molar-refractivity contribution is 9.10. The van der Waals surface area contributed by atoms with Gasteiger partial charge in [-0.2, -0.15) is 8.78 Å². The SMILES string of the molecule is COc1c(F)c(F)c(C(=O)Nc2ccc(Br)cc2F)c(F)c1F. The summed E-state index contributed by atoms with van der Waals surface area (Å²) in [6, 6.07) is 3.43. The maximum absolute atomic E-state index is 13.8. The number of ether oxygens (including phenoxy) is 1. The average Bonchev–Trinajstić information content (AvgIpc) is 2.49. The van der Waals surface area contributed by atoms with Gasteiger partial charge in [-0.05, 0) is 18.2 Å². The summed E-state index contributed by atoms with van der Waals surface area (Å²) in [5.41, 5.74) is -1.95. The molecule has 0 heterocycles. The molecule has 2 aromatic carbocycles. The molecule has 0 fully saturated rings. The highest BCUT2D eigenvalue weighted by atomic mass is 79.9. The first-order valence-electron chi connectivity index (χ1n) is 5.94. The molecule has 0 aliphatic heterocycles. The first-order valence-corrected chi connectivity index (χ1v) is 6.73. The van der Waals surface area contributed by atoms with Gasteiger partial charge in [0.2, 0.25) is 11.6 Å². The van der Waals surface area contributed by atoms with Crippen molar-refractivity contribution in [2.24, 2.45) is 0 Å². The lowest BCUT2D eigenvalue weighted by Gasteiger charge is -2.11. The minimum Gasteiger partial charge on any atom is -0.491 e. The maximum Gasteiger partial charge on any atom is 0.261 e. The summed E-state index contributed by atoms with van der Waals surface area (Å²) in [5, 5.41) is 1.84. The summed E-state index contributed by atoms with van der Waals surface area (Å²) < 4.78 is 72.9. The normalized spacial score (nSPS) is 10.6. The molecular formula is C14H7BrF5NO2. The van der Waals surface area contributed by atoms with Gasteiger partial charge in [-0.25, -0.2) is 13.2 Å². The molecular weight excluding hydrogens is 389 g/mol. The third-order valence-corrected chi connectivity index (χ3v) is 3.33. The molecule has 0 unspecified atom stereocenters. The lowest BCUT2D eigenvalue weighted by Crippen LogP contribution is -2.19. The molecule has 1 amide bonds. The standard InChI is InChI=1S/C14H7BrF5NO2/c1-23-13-11(19)9(17)8(10(18)12(13)20)14(22)21-7-3-2-5(15)4-6(7)16/h2-4H,1H3,(H,21,22). The zero-order chi connectivity index (χ0) is 17.3. The van der Waals surface area contributed by atoms with Crippen LogP contribution in [0.1, 0.15) is 10.4 Å². The van der Waals surface area contributed by atoms with Crippen molar-refractivity contribution in [3.8, 4) is 5.75 Å². The van der Waals surface area contributed by atoms with E-state index in [-0.39, 0.29) is 0 Å². The van der Waals surface area contributed by atoms with Gasteiger partial charge in [0.25, 0.3) is 5.91 Å². The molecule has 0 aliphatic rings. The number of hydrogen-bond acceptors (Lipinski definition) is 2. The van der Waals surface area contributed by atoms with Gasteiger partial charge in [0.15, 0.2) is 17.4 Å². The van der Waals surface area contributed by atoms with Gasteiger partial charge in [-0.3, -0.25) is 4.79 Å². The van der Waals surface area contributed by atoms with Crippen molar-refractivity contribution in [1.29, 1.82) is 0 Å². The van der Waals surface area contributed by atoms with Crippen LogP contribution < -0.4 is 10.1 Å². The van der Waals surface area contributed by atoms with E-state index in [1.54, 1.807) is 0 Å². The first-order chi connectivity index (χ1) is 10.8. The Hall–Kier alpha value is -2.16. The molecule has 9 heteroatoms. The Bertz CT molecular complexity index is 768. The van der Waals surface area contributed by atoms with Crippen LogP contribution in [0.5, 0.6) is 5.75 Å². The fourth-order valence-electron chi connectivity index (χ4n) is 1.77. The van der Waals surface area contributed by atoms with Gasteiger partial charge in [0.1, 0.15) is 11.4 Å². The number of nitrogens with one attached hydrogen (secondary N) is 1. The summed E-state index contributed by atoms with van der Waals surface area (Å²) in [7, 11) is 0.803. The van der Waals surface area contributed by atoms with Crippen LogP contribution in [-0.2, 0) is 0 Å². The van der Waals surface area contributed by atoms with E-state index in [0.717, 1.165) is 19.2 Å². The molecule has 0 bridgehead atoms. The predicted octanol–water partition coefficient (Wildman–Crippen LogP) is 4.41. The lowest BCUT2D eigenvalue weighted by atomic mass is 10.1. The number of methoxy groups -OCH3 is 1. The van der Waals surface area contributed by atoms with Crippen LogP contribution in [0.15, 0.2) is 22.7 Å². The van der Waals surface area contributed by atoms with Crippen LogP contribution >= 0.6 is 15.9 Å². The Labute approximate surface area is 135 Å². The second-order valence-corrected chi connectivity index (χ2v) is 5.16. The molecule has 0 spiro atoms. The highest BCUT2D eigenvalue weighted by Crippen LogP contribution is 2.30. The van der Waals surface area contributed by atoms with Gasteiger partial charge >= 0.3 is 0 Å². The van der Waals surface area contributed by atoms with Crippen molar-refractivity contribution in [2.45, 2.75) is 0 Å². The minimum absolute atomic E-state index is 0.354. The van der Waals surface area contributed by atoms with Gasteiger partial charge in [-0.1, -0.05) is 15.9 Å². The van der Waals surface area contributed by atoms with Crippen molar-refractivity contribution in [3.63, 3.8) is 0 Å². The van der Waals surface area contributed by atoms with E-state index >= 15 is 0 Å². The van der Waals surface area contributed by atoms with Crippen LogP contribution in [0.25, 0.3) is 0 Å². The molecule has 0 radical (unpaired) electrons.